The molecular formula is C18H25N3O3. The van der Waals surface area contributed by atoms with Gasteiger partial charge in [-0.25, -0.2) is 4.79 Å². The molecule has 3 N–H and O–H groups in total. The van der Waals surface area contributed by atoms with E-state index in [0.29, 0.717) is 5.76 Å². The number of nitrogens with one attached hydrogen (secondary N) is 2. The number of nitrogens with zero attached hydrogens (tertiary/aromatic N) is 1. The largest absolute Gasteiger partial charge is 0.387 e. The molecular weight excluding hydrogens is 306 g/mol. The fourth-order valence-corrected chi connectivity index (χ4v) is 2.84. The van der Waals surface area contributed by atoms with Gasteiger partial charge in [-0.3, -0.25) is 0 Å². The third-order valence-corrected chi connectivity index (χ3v) is 4.15. The maximum absolute atomic E-state index is 12.2. The van der Waals surface area contributed by atoms with Gasteiger partial charge in [0.2, 0.25) is 0 Å². The summed E-state index contributed by atoms with van der Waals surface area (Å²) in [4.78, 5) is 12.2. The third kappa shape index (κ3) is 4.14. The SMILES string of the molecule is CCC(NC(=O)NCC(O)c1ccccc1C)c1c(C)noc1C. The zero-order valence-corrected chi connectivity index (χ0v) is 14.6. The summed E-state index contributed by atoms with van der Waals surface area (Å²) in [6.45, 7) is 7.76. The molecule has 0 aliphatic heterocycles. The van der Waals surface area contributed by atoms with Gasteiger partial charge in [0.1, 0.15) is 5.76 Å². The average molecular weight is 331 g/mol. The van der Waals surface area contributed by atoms with E-state index in [-0.39, 0.29) is 18.6 Å². The van der Waals surface area contributed by atoms with Gasteiger partial charge in [0.05, 0.1) is 17.8 Å². The van der Waals surface area contributed by atoms with Gasteiger partial charge in [0.25, 0.3) is 0 Å². The van der Waals surface area contributed by atoms with Crippen LogP contribution in [0.4, 0.5) is 4.79 Å². The van der Waals surface area contributed by atoms with Gasteiger partial charge in [0, 0.05) is 12.1 Å². The van der Waals surface area contributed by atoms with E-state index in [1.807, 2.05) is 52.0 Å². The zero-order valence-electron chi connectivity index (χ0n) is 14.6. The molecule has 0 fully saturated rings. The number of rotatable bonds is 6. The van der Waals surface area contributed by atoms with E-state index in [1.54, 1.807) is 0 Å². The van der Waals surface area contributed by atoms with Crippen LogP contribution in [0.25, 0.3) is 0 Å². The Bertz CT molecular complexity index is 677. The second-order valence-corrected chi connectivity index (χ2v) is 5.93. The van der Waals surface area contributed by atoms with E-state index in [2.05, 4.69) is 15.8 Å². The van der Waals surface area contributed by atoms with Crippen molar-refractivity contribution in [3.05, 3.63) is 52.4 Å². The van der Waals surface area contributed by atoms with Crippen molar-refractivity contribution in [1.29, 1.82) is 0 Å². The van der Waals surface area contributed by atoms with E-state index in [1.165, 1.54) is 0 Å². The third-order valence-electron chi connectivity index (χ3n) is 4.15. The second kappa shape index (κ2) is 7.97. The number of carbonyl (C=O) groups excluding carboxylic acids is 1. The number of aromatic nitrogens is 1. The van der Waals surface area contributed by atoms with Gasteiger partial charge in [-0.05, 0) is 38.3 Å². The first kappa shape index (κ1) is 18.0. The Kier molecular flexibility index (Phi) is 5.98. The van der Waals surface area contributed by atoms with Crippen molar-refractivity contribution in [3.8, 4) is 0 Å². The summed E-state index contributed by atoms with van der Waals surface area (Å²) in [5, 5.41) is 19.8. The molecule has 24 heavy (non-hydrogen) atoms. The van der Waals surface area contributed by atoms with Crippen LogP contribution in [-0.2, 0) is 0 Å². The first-order chi connectivity index (χ1) is 11.4. The summed E-state index contributed by atoms with van der Waals surface area (Å²) < 4.78 is 5.17. The van der Waals surface area contributed by atoms with Gasteiger partial charge >= 0.3 is 6.03 Å². The Balaban J connectivity index is 1.94. The average Bonchev–Trinajstić information content (AvgIpc) is 2.90. The minimum absolute atomic E-state index is 0.148. The van der Waals surface area contributed by atoms with Crippen molar-refractivity contribution in [2.75, 3.05) is 6.54 Å². The fraction of sp³-hybridized carbons (Fsp3) is 0.444. The Labute approximate surface area is 142 Å². The lowest BCUT2D eigenvalue weighted by atomic mass is 10.0. The Morgan fingerprint density at radius 2 is 2.00 bits per heavy atom. The molecule has 0 aliphatic rings. The molecule has 0 radical (unpaired) electrons. The van der Waals surface area contributed by atoms with E-state index in [9.17, 15) is 9.90 Å². The fourth-order valence-electron chi connectivity index (χ4n) is 2.84. The summed E-state index contributed by atoms with van der Waals surface area (Å²) in [5.41, 5.74) is 3.50. The lowest BCUT2D eigenvalue weighted by Gasteiger charge is -2.19. The van der Waals surface area contributed by atoms with Crippen LogP contribution in [0.3, 0.4) is 0 Å². The number of urea groups is 1. The van der Waals surface area contributed by atoms with Crippen molar-refractivity contribution in [2.45, 2.75) is 46.3 Å². The normalized spacial score (nSPS) is 13.4. The summed E-state index contributed by atoms with van der Waals surface area (Å²) in [7, 11) is 0. The monoisotopic (exact) mass is 331 g/mol. The lowest BCUT2D eigenvalue weighted by Crippen LogP contribution is -2.40. The van der Waals surface area contributed by atoms with Crippen LogP contribution in [0.15, 0.2) is 28.8 Å². The molecule has 0 spiro atoms. The number of benzene rings is 1. The van der Waals surface area contributed by atoms with Crippen molar-refractivity contribution in [3.63, 3.8) is 0 Å². The molecule has 0 aliphatic carbocycles. The maximum Gasteiger partial charge on any atom is 0.315 e. The first-order valence-corrected chi connectivity index (χ1v) is 8.14. The maximum atomic E-state index is 12.2. The van der Waals surface area contributed by atoms with Crippen LogP contribution in [-0.4, -0.2) is 22.8 Å². The standard InChI is InChI=1S/C18H25N3O3/c1-5-15(17-12(3)21-24-13(17)4)20-18(23)19-10-16(22)14-9-7-6-8-11(14)2/h6-9,15-16,22H,5,10H2,1-4H3,(H2,19,20,23). The van der Waals surface area contributed by atoms with Gasteiger partial charge in [-0.15, -0.1) is 0 Å². The van der Waals surface area contributed by atoms with Crippen molar-refractivity contribution < 1.29 is 14.4 Å². The van der Waals surface area contributed by atoms with Crippen LogP contribution in [0.2, 0.25) is 0 Å². The minimum Gasteiger partial charge on any atom is -0.387 e. The number of aliphatic hydroxyl groups is 1. The zero-order chi connectivity index (χ0) is 17.7. The Morgan fingerprint density at radius 3 is 2.58 bits per heavy atom. The summed E-state index contributed by atoms with van der Waals surface area (Å²) in [6.07, 6.45) is -0.0208. The molecule has 6 nitrogen and oxygen atoms in total. The van der Waals surface area contributed by atoms with E-state index in [0.717, 1.165) is 28.8 Å². The van der Waals surface area contributed by atoms with Gasteiger partial charge < -0.3 is 20.3 Å². The molecule has 2 aromatic rings. The topological polar surface area (TPSA) is 87.4 Å². The smallest absolute Gasteiger partial charge is 0.315 e. The molecule has 2 unspecified atom stereocenters. The summed E-state index contributed by atoms with van der Waals surface area (Å²) >= 11 is 0. The summed E-state index contributed by atoms with van der Waals surface area (Å²) in [5.74, 6) is 0.708. The lowest BCUT2D eigenvalue weighted by molar-refractivity contribution is 0.172. The molecule has 2 atom stereocenters. The molecule has 0 saturated carbocycles. The highest BCUT2D eigenvalue weighted by Crippen LogP contribution is 2.23. The van der Waals surface area contributed by atoms with Crippen LogP contribution < -0.4 is 10.6 Å². The number of aliphatic hydroxyl groups excluding tert-OH is 1. The van der Waals surface area contributed by atoms with E-state index in [4.69, 9.17) is 4.52 Å². The number of aryl methyl sites for hydroxylation is 3. The predicted octanol–water partition coefficient (Wildman–Crippen LogP) is 3.08. The van der Waals surface area contributed by atoms with Crippen LogP contribution in [0.1, 0.15) is 53.6 Å². The number of hydrogen-bond acceptors (Lipinski definition) is 4. The van der Waals surface area contributed by atoms with Crippen LogP contribution in [0, 0.1) is 20.8 Å². The van der Waals surface area contributed by atoms with Crippen molar-refractivity contribution >= 4 is 6.03 Å². The van der Waals surface area contributed by atoms with Crippen molar-refractivity contribution in [1.82, 2.24) is 15.8 Å². The van der Waals surface area contributed by atoms with Crippen LogP contribution in [0.5, 0.6) is 0 Å². The molecule has 1 aromatic carbocycles. The van der Waals surface area contributed by atoms with Gasteiger partial charge in [-0.1, -0.05) is 36.3 Å². The Hall–Kier alpha value is -2.34. The Morgan fingerprint density at radius 1 is 1.29 bits per heavy atom. The molecule has 1 heterocycles. The molecule has 130 valence electrons. The number of amides is 2. The van der Waals surface area contributed by atoms with Crippen molar-refractivity contribution in [2.24, 2.45) is 0 Å². The quantitative estimate of drug-likeness (QED) is 0.759. The molecule has 2 rings (SSSR count). The van der Waals surface area contributed by atoms with Gasteiger partial charge in [-0.2, -0.15) is 0 Å². The highest BCUT2D eigenvalue weighted by Gasteiger charge is 2.21. The predicted molar refractivity (Wildman–Crippen MR) is 91.7 cm³/mol. The molecule has 0 bridgehead atoms. The molecule has 2 amide bonds. The highest BCUT2D eigenvalue weighted by molar-refractivity contribution is 5.74. The molecule has 0 saturated heterocycles. The van der Waals surface area contributed by atoms with Crippen LogP contribution >= 0.6 is 0 Å². The molecule has 1 aromatic heterocycles. The first-order valence-electron chi connectivity index (χ1n) is 8.14. The summed E-state index contributed by atoms with van der Waals surface area (Å²) in [6, 6.07) is 7.08. The minimum atomic E-state index is -0.740. The number of carbonyl (C=O) groups is 1. The van der Waals surface area contributed by atoms with E-state index < -0.39 is 6.10 Å². The highest BCUT2D eigenvalue weighted by atomic mass is 16.5. The molecule has 6 heteroatoms. The number of hydrogen-bond donors (Lipinski definition) is 3. The second-order valence-electron chi connectivity index (χ2n) is 5.93. The van der Waals surface area contributed by atoms with E-state index >= 15 is 0 Å². The van der Waals surface area contributed by atoms with Gasteiger partial charge in [0.15, 0.2) is 0 Å².